The van der Waals surface area contributed by atoms with E-state index in [4.69, 9.17) is 15.0 Å². The quantitative estimate of drug-likeness (QED) is 0.190. The van der Waals surface area contributed by atoms with Crippen molar-refractivity contribution in [3.8, 4) is 56.4 Å². The standard InChI is InChI=1S/C46H27N3S/c1-2-14-29(15-3-1)43-47-44(31-26-25-28-13-4-5-16-30(28)27-31)49-45(48-43)35-20-12-23-38-40(35)41-34-19-8-11-24-39(34)50-42(41)46(38)36-21-9-6-17-32(36)33-18-7-10-22-37(33)46/h1-27H. The van der Waals surface area contributed by atoms with Gasteiger partial charge in [0.15, 0.2) is 17.5 Å². The minimum Gasteiger partial charge on any atom is -0.208 e. The van der Waals surface area contributed by atoms with Crippen LogP contribution in [0.15, 0.2) is 164 Å². The van der Waals surface area contributed by atoms with Crippen LogP contribution in [0.4, 0.5) is 0 Å². The fourth-order valence-electron chi connectivity index (χ4n) is 8.44. The molecule has 0 aliphatic heterocycles. The van der Waals surface area contributed by atoms with Crippen LogP contribution >= 0.6 is 11.3 Å². The van der Waals surface area contributed by atoms with Crippen LogP contribution in [-0.2, 0) is 5.41 Å². The van der Waals surface area contributed by atoms with E-state index in [1.165, 1.54) is 59.3 Å². The number of thiophene rings is 1. The van der Waals surface area contributed by atoms with Crippen LogP contribution in [-0.4, -0.2) is 15.0 Å². The molecule has 0 unspecified atom stereocenters. The highest BCUT2D eigenvalue weighted by Crippen LogP contribution is 2.67. The molecule has 2 heterocycles. The average molecular weight is 654 g/mol. The molecule has 11 rings (SSSR count). The highest BCUT2D eigenvalue weighted by Gasteiger charge is 2.54. The maximum absolute atomic E-state index is 5.31. The molecule has 3 nitrogen and oxygen atoms in total. The van der Waals surface area contributed by atoms with Crippen molar-refractivity contribution < 1.29 is 0 Å². The van der Waals surface area contributed by atoms with Crippen LogP contribution in [0.3, 0.4) is 0 Å². The van der Waals surface area contributed by atoms with Crippen LogP contribution in [0.2, 0.25) is 0 Å². The number of nitrogens with zero attached hydrogens (tertiary/aromatic N) is 3. The largest absolute Gasteiger partial charge is 0.208 e. The number of benzene rings is 7. The maximum Gasteiger partial charge on any atom is 0.164 e. The van der Waals surface area contributed by atoms with Gasteiger partial charge in [-0.05, 0) is 56.3 Å². The fraction of sp³-hybridized carbons (Fsp3) is 0.0217. The minimum absolute atomic E-state index is 0.436. The van der Waals surface area contributed by atoms with E-state index in [-0.39, 0.29) is 0 Å². The van der Waals surface area contributed by atoms with Crippen molar-refractivity contribution >= 4 is 32.2 Å². The lowest BCUT2D eigenvalue weighted by molar-refractivity contribution is 0.811. The Morgan fingerprint density at radius 1 is 0.400 bits per heavy atom. The van der Waals surface area contributed by atoms with Gasteiger partial charge in [-0.15, -0.1) is 11.3 Å². The first-order chi connectivity index (χ1) is 24.8. The zero-order chi connectivity index (χ0) is 32.8. The van der Waals surface area contributed by atoms with Crippen LogP contribution in [0.5, 0.6) is 0 Å². The van der Waals surface area contributed by atoms with Crippen molar-refractivity contribution in [1.29, 1.82) is 0 Å². The average Bonchev–Trinajstić information content (AvgIpc) is 3.81. The Morgan fingerprint density at radius 3 is 1.80 bits per heavy atom. The van der Waals surface area contributed by atoms with E-state index in [1.807, 2.05) is 29.5 Å². The van der Waals surface area contributed by atoms with Crippen molar-refractivity contribution in [2.24, 2.45) is 0 Å². The highest BCUT2D eigenvalue weighted by molar-refractivity contribution is 7.20. The molecule has 0 saturated carbocycles. The van der Waals surface area contributed by atoms with Gasteiger partial charge in [-0.3, -0.25) is 0 Å². The monoisotopic (exact) mass is 653 g/mol. The first kappa shape index (κ1) is 27.7. The second-order valence-electron chi connectivity index (χ2n) is 13.1. The molecule has 0 bridgehead atoms. The lowest BCUT2D eigenvalue weighted by atomic mass is 9.73. The fourth-order valence-corrected chi connectivity index (χ4v) is 9.88. The zero-order valence-electron chi connectivity index (χ0n) is 26.8. The predicted molar refractivity (Wildman–Crippen MR) is 205 cm³/mol. The molecule has 1 spiro atoms. The Balaban J connectivity index is 1.24. The maximum atomic E-state index is 5.31. The van der Waals surface area contributed by atoms with Gasteiger partial charge in [0, 0.05) is 37.2 Å². The van der Waals surface area contributed by atoms with Crippen LogP contribution in [0.25, 0.3) is 77.3 Å². The lowest BCUT2D eigenvalue weighted by Crippen LogP contribution is -2.24. The summed E-state index contributed by atoms with van der Waals surface area (Å²) >= 11 is 1.92. The second kappa shape index (κ2) is 10.4. The van der Waals surface area contributed by atoms with E-state index < -0.39 is 5.41 Å². The Morgan fingerprint density at radius 2 is 1.00 bits per heavy atom. The van der Waals surface area contributed by atoms with Crippen molar-refractivity contribution in [1.82, 2.24) is 15.0 Å². The van der Waals surface area contributed by atoms with Crippen molar-refractivity contribution in [3.05, 3.63) is 185 Å². The van der Waals surface area contributed by atoms with Gasteiger partial charge in [-0.1, -0.05) is 152 Å². The summed E-state index contributed by atoms with van der Waals surface area (Å²) in [6.07, 6.45) is 0. The molecule has 0 N–H and O–H groups in total. The summed E-state index contributed by atoms with van der Waals surface area (Å²) < 4.78 is 1.29. The molecule has 0 radical (unpaired) electrons. The van der Waals surface area contributed by atoms with Gasteiger partial charge in [-0.25, -0.2) is 15.0 Å². The highest BCUT2D eigenvalue weighted by atomic mass is 32.1. The van der Waals surface area contributed by atoms with Crippen molar-refractivity contribution in [2.45, 2.75) is 5.41 Å². The zero-order valence-corrected chi connectivity index (χ0v) is 27.7. The molecule has 0 fully saturated rings. The van der Waals surface area contributed by atoms with E-state index in [0.29, 0.717) is 17.5 Å². The molecule has 0 amide bonds. The number of fused-ring (bicyclic) bond motifs is 13. The van der Waals surface area contributed by atoms with Crippen LogP contribution < -0.4 is 0 Å². The summed E-state index contributed by atoms with van der Waals surface area (Å²) in [6.45, 7) is 0. The molecule has 4 heteroatoms. The molecule has 2 aromatic heterocycles. The molecule has 2 aliphatic rings. The molecule has 0 saturated heterocycles. The van der Waals surface area contributed by atoms with E-state index >= 15 is 0 Å². The van der Waals surface area contributed by atoms with Gasteiger partial charge in [0.2, 0.25) is 0 Å². The molecule has 232 valence electrons. The summed E-state index contributed by atoms with van der Waals surface area (Å²) in [5.74, 6) is 2.00. The molecule has 50 heavy (non-hydrogen) atoms. The third-order valence-electron chi connectivity index (χ3n) is 10.5. The Labute approximate surface area is 293 Å². The molecule has 9 aromatic rings. The summed E-state index contributed by atoms with van der Waals surface area (Å²) in [5.41, 5.74) is 11.6. The first-order valence-corrected chi connectivity index (χ1v) is 17.8. The predicted octanol–water partition coefficient (Wildman–Crippen LogP) is 11.6. The molecular weight excluding hydrogens is 627 g/mol. The summed E-state index contributed by atoms with van der Waals surface area (Å²) in [5, 5.41) is 3.62. The normalized spacial score (nSPS) is 13.4. The number of rotatable bonds is 3. The molecule has 2 aliphatic carbocycles. The van der Waals surface area contributed by atoms with Crippen molar-refractivity contribution in [3.63, 3.8) is 0 Å². The number of hydrogen-bond acceptors (Lipinski definition) is 4. The van der Waals surface area contributed by atoms with Gasteiger partial charge >= 0.3 is 0 Å². The van der Waals surface area contributed by atoms with E-state index in [0.717, 1.165) is 22.1 Å². The smallest absolute Gasteiger partial charge is 0.164 e. The Kier molecular flexibility index (Phi) is 5.75. The van der Waals surface area contributed by atoms with Gasteiger partial charge in [0.25, 0.3) is 0 Å². The third-order valence-corrected chi connectivity index (χ3v) is 11.8. The molecule has 7 aromatic carbocycles. The van der Waals surface area contributed by atoms with Gasteiger partial charge < -0.3 is 0 Å². The summed E-state index contributed by atoms with van der Waals surface area (Å²) in [6, 6.07) is 58.7. The Bertz CT molecular complexity index is 2790. The van der Waals surface area contributed by atoms with E-state index in [9.17, 15) is 0 Å². The lowest BCUT2D eigenvalue weighted by Gasteiger charge is -2.29. The van der Waals surface area contributed by atoms with E-state index in [1.54, 1.807) is 0 Å². The van der Waals surface area contributed by atoms with Crippen LogP contribution in [0.1, 0.15) is 21.6 Å². The minimum atomic E-state index is -0.436. The van der Waals surface area contributed by atoms with E-state index in [2.05, 4.69) is 146 Å². The van der Waals surface area contributed by atoms with Gasteiger partial charge in [0.1, 0.15) is 0 Å². The topological polar surface area (TPSA) is 38.7 Å². The van der Waals surface area contributed by atoms with Gasteiger partial charge in [0.05, 0.1) is 5.41 Å². The number of aromatic nitrogens is 3. The number of hydrogen-bond donors (Lipinski definition) is 0. The third kappa shape index (κ3) is 3.71. The first-order valence-electron chi connectivity index (χ1n) is 17.0. The molecular formula is C46H27N3S. The second-order valence-corrected chi connectivity index (χ2v) is 14.2. The van der Waals surface area contributed by atoms with Crippen molar-refractivity contribution in [2.75, 3.05) is 0 Å². The summed E-state index contributed by atoms with van der Waals surface area (Å²) in [7, 11) is 0. The summed E-state index contributed by atoms with van der Waals surface area (Å²) in [4.78, 5) is 17.0. The van der Waals surface area contributed by atoms with Gasteiger partial charge in [-0.2, -0.15) is 0 Å². The van der Waals surface area contributed by atoms with Crippen LogP contribution in [0, 0.1) is 0 Å². The Hall–Kier alpha value is -6.23. The SMILES string of the molecule is c1ccc(-c2nc(-c3ccc4ccccc4c3)nc(-c3cccc4c3-c3c(sc5ccccc35)C43c4ccccc4-c4ccccc43)n2)cc1. The molecule has 0 atom stereocenters.